The van der Waals surface area contributed by atoms with Crippen LogP contribution in [-0.2, 0) is 0 Å². The van der Waals surface area contributed by atoms with E-state index < -0.39 is 0 Å². The number of benzene rings is 8. The zero-order valence-corrected chi connectivity index (χ0v) is 31.0. The molecule has 4 heteroatoms. The van der Waals surface area contributed by atoms with E-state index in [1.54, 1.807) is 0 Å². The van der Waals surface area contributed by atoms with Crippen molar-refractivity contribution in [2.45, 2.75) is 0 Å². The number of nitrogens with zero attached hydrogens (tertiary/aromatic N) is 2. The molecule has 3 aromatic heterocycles. The molecule has 0 bridgehead atoms. The summed E-state index contributed by atoms with van der Waals surface area (Å²) in [7, 11) is 0. The highest BCUT2D eigenvalue weighted by Crippen LogP contribution is 2.44. The first-order valence-electron chi connectivity index (χ1n) is 18.8. The van der Waals surface area contributed by atoms with Gasteiger partial charge in [0.05, 0.1) is 11.4 Å². The third-order valence-corrected chi connectivity index (χ3v) is 11.9. The first kappa shape index (κ1) is 32.3. The molecule has 3 heterocycles. The van der Waals surface area contributed by atoms with Gasteiger partial charge in [-0.1, -0.05) is 164 Å². The molecular formula is C52H32N2OS. The van der Waals surface area contributed by atoms with Crippen molar-refractivity contribution >= 4 is 53.4 Å². The van der Waals surface area contributed by atoms with Gasteiger partial charge < -0.3 is 4.42 Å². The smallest absolute Gasteiger partial charge is 0.160 e. The number of para-hydroxylation sites is 1. The fraction of sp³-hybridized carbons (Fsp3) is 0. The lowest BCUT2D eigenvalue weighted by Crippen LogP contribution is -1.96. The van der Waals surface area contributed by atoms with Crippen molar-refractivity contribution in [3.05, 3.63) is 194 Å². The van der Waals surface area contributed by atoms with E-state index >= 15 is 0 Å². The van der Waals surface area contributed by atoms with Crippen molar-refractivity contribution in [1.82, 2.24) is 9.97 Å². The molecule has 0 saturated carbocycles. The van der Waals surface area contributed by atoms with Gasteiger partial charge in [-0.25, -0.2) is 9.97 Å². The number of thiophene rings is 1. The Hall–Kier alpha value is -7.14. The Morgan fingerprint density at radius 2 is 0.893 bits per heavy atom. The van der Waals surface area contributed by atoms with Crippen LogP contribution in [0.1, 0.15) is 0 Å². The first-order chi connectivity index (χ1) is 27.7. The summed E-state index contributed by atoms with van der Waals surface area (Å²) in [6.45, 7) is 0. The average molecular weight is 733 g/mol. The summed E-state index contributed by atoms with van der Waals surface area (Å²) < 4.78 is 9.30. The van der Waals surface area contributed by atoms with Gasteiger partial charge in [0, 0.05) is 53.2 Å². The Morgan fingerprint density at radius 1 is 0.357 bits per heavy atom. The summed E-state index contributed by atoms with van der Waals surface area (Å²) in [5.41, 5.74) is 13.4. The van der Waals surface area contributed by atoms with Crippen LogP contribution in [0.15, 0.2) is 199 Å². The molecule has 0 spiro atoms. The molecule has 0 amide bonds. The number of hydrogen-bond donors (Lipinski definition) is 0. The minimum absolute atomic E-state index is 0.693. The van der Waals surface area contributed by atoms with Crippen LogP contribution in [0.5, 0.6) is 0 Å². The van der Waals surface area contributed by atoms with Crippen LogP contribution in [0.25, 0.3) is 109 Å². The summed E-state index contributed by atoms with van der Waals surface area (Å²) in [5.74, 6) is 0.693. The zero-order chi connectivity index (χ0) is 37.0. The Kier molecular flexibility index (Phi) is 7.68. The second-order valence-electron chi connectivity index (χ2n) is 14.1. The fourth-order valence-electron chi connectivity index (χ4n) is 7.93. The molecule has 0 fully saturated rings. The van der Waals surface area contributed by atoms with Gasteiger partial charge in [-0.15, -0.1) is 11.3 Å². The largest absolute Gasteiger partial charge is 0.455 e. The van der Waals surface area contributed by atoms with E-state index in [9.17, 15) is 0 Å². The molecule has 262 valence electrons. The summed E-state index contributed by atoms with van der Waals surface area (Å²) in [4.78, 5) is 10.2. The van der Waals surface area contributed by atoms with E-state index in [1.807, 2.05) is 41.7 Å². The van der Waals surface area contributed by atoms with Crippen LogP contribution in [-0.4, -0.2) is 9.97 Å². The van der Waals surface area contributed by atoms with Crippen molar-refractivity contribution < 1.29 is 4.42 Å². The van der Waals surface area contributed by atoms with Crippen LogP contribution in [0.2, 0.25) is 0 Å². The molecule has 0 aliphatic carbocycles. The molecule has 0 unspecified atom stereocenters. The quantitative estimate of drug-likeness (QED) is 0.171. The fourth-order valence-corrected chi connectivity index (χ4v) is 9.08. The van der Waals surface area contributed by atoms with E-state index in [0.717, 1.165) is 66.7 Å². The van der Waals surface area contributed by atoms with Gasteiger partial charge in [0.15, 0.2) is 5.82 Å². The number of fused-ring (bicyclic) bond motifs is 6. The van der Waals surface area contributed by atoms with Crippen molar-refractivity contribution in [1.29, 1.82) is 0 Å². The van der Waals surface area contributed by atoms with E-state index in [0.29, 0.717) is 5.82 Å². The predicted octanol–water partition coefficient (Wildman–Crippen LogP) is 14.7. The molecule has 0 atom stereocenters. The molecule has 0 saturated heterocycles. The standard InChI is InChI=1S/C52H32N2OS/c1-3-11-33(12-4-1)34-19-25-38(26-20-34)52-53-45(36-13-5-2-6-14-36)32-46(54-52)37-23-21-35(22-24-37)41-30-29-40(50-44-16-7-9-17-47(44)55-51(41)50)39-27-28-43-42-15-8-10-18-48(42)56-49(43)31-39/h1-32H. The van der Waals surface area contributed by atoms with Crippen LogP contribution < -0.4 is 0 Å². The van der Waals surface area contributed by atoms with Crippen molar-refractivity contribution in [3.8, 4) is 67.3 Å². The average Bonchev–Trinajstić information content (AvgIpc) is 3.85. The predicted molar refractivity (Wildman–Crippen MR) is 235 cm³/mol. The first-order valence-corrected chi connectivity index (χ1v) is 19.6. The molecule has 8 aromatic carbocycles. The van der Waals surface area contributed by atoms with E-state index in [2.05, 4.69) is 164 Å². The highest BCUT2D eigenvalue weighted by molar-refractivity contribution is 7.25. The second-order valence-corrected chi connectivity index (χ2v) is 15.2. The zero-order valence-electron chi connectivity index (χ0n) is 30.2. The van der Waals surface area contributed by atoms with Gasteiger partial charge >= 0.3 is 0 Å². The Bertz CT molecular complexity index is 3220. The molecule has 0 aliphatic rings. The van der Waals surface area contributed by atoms with E-state index in [4.69, 9.17) is 14.4 Å². The Balaban J connectivity index is 0.998. The van der Waals surface area contributed by atoms with E-state index in [-0.39, 0.29) is 0 Å². The second kappa shape index (κ2) is 13.3. The number of furan rings is 1. The molecule has 11 rings (SSSR count). The number of hydrogen-bond acceptors (Lipinski definition) is 4. The molecule has 0 radical (unpaired) electrons. The minimum atomic E-state index is 0.693. The highest BCUT2D eigenvalue weighted by Gasteiger charge is 2.19. The maximum absolute atomic E-state index is 6.70. The molecule has 0 aliphatic heterocycles. The van der Waals surface area contributed by atoms with Gasteiger partial charge in [0.25, 0.3) is 0 Å². The molecule has 56 heavy (non-hydrogen) atoms. The Morgan fingerprint density at radius 3 is 1.66 bits per heavy atom. The lowest BCUT2D eigenvalue weighted by molar-refractivity contribution is 0.670. The summed E-state index contributed by atoms with van der Waals surface area (Å²) >= 11 is 1.85. The van der Waals surface area contributed by atoms with Gasteiger partial charge in [0.1, 0.15) is 11.2 Å². The topological polar surface area (TPSA) is 38.9 Å². The molecule has 11 aromatic rings. The van der Waals surface area contributed by atoms with Gasteiger partial charge in [-0.2, -0.15) is 0 Å². The third kappa shape index (κ3) is 5.58. The van der Waals surface area contributed by atoms with Crippen LogP contribution in [0.4, 0.5) is 0 Å². The molecule has 0 N–H and O–H groups in total. The molecule has 3 nitrogen and oxygen atoms in total. The SMILES string of the molecule is c1ccc(-c2ccc(-c3nc(-c4ccccc4)cc(-c4ccc(-c5ccc(-c6ccc7c(c6)sc6ccccc67)c6c5oc5ccccc56)cc4)n3)cc2)cc1. The van der Waals surface area contributed by atoms with Gasteiger partial charge in [-0.05, 0) is 58.1 Å². The molecular weight excluding hydrogens is 701 g/mol. The maximum Gasteiger partial charge on any atom is 0.160 e. The normalized spacial score (nSPS) is 11.6. The highest BCUT2D eigenvalue weighted by atomic mass is 32.1. The Labute approximate surface area is 327 Å². The summed E-state index contributed by atoms with van der Waals surface area (Å²) in [6, 6.07) is 68.4. The van der Waals surface area contributed by atoms with Crippen molar-refractivity contribution in [3.63, 3.8) is 0 Å². The van der Waals surface area contributed by atoms with Gasteiger partial charge in [0.2, 0.25) is 0 Å². The van der Waals surface area contributed by atoms with Crippen LogP contribution >= 0.6 is 11.3 Å². The van der Waals surface area contributed by atoms with Crippen LogP contribution in [0.3, 0.4) is 0 Å². The van der Waals surface area contributed by atoms with E-state index in [1.165, 1.54) is 36.9 Å². The monoisotopic (exact) mass is 732 g/mol. The maximum atomic E-state index is 6.70. The van der Waals surface area contributed by atoms with Crippen molar-refractivity contribution in [2.24, 2.45) is 0 Å². The minimum Gasteiger partial charge on any atom is -0.455 e. The summed E-state index contributed by atoms with van der Waals surface area (Å²) in [5, 5.41) is 4.86. The van der Waals surface area contributed by atoms with Crippen molar-refractivity contribution in [2.75, 3.05) is 0 Å². The lowest BCUT2D eigenvalue weighted by Gasteiger charge is -2.11. The number of aromatic nitrogens is 2. The van der Waals surface area contributed by atoms with Crippen LogP contribution in [0, 0.1) is 0 Å². The summed E-state index contributed by atoms with van der Waals surface area (Å²) in [6.07, 6.45) is 0. The lowest BCUT2D eigenvalue weighted by atomic mass is 9.94. The third-order valence-electron chi connectivity index (χ3n) is 10.8. The van der Waals surface area contributed by atoms with Gasteiger partial charge in [-0.3, -0.25) is 0 Å². The number of rotatable bonds is 6.